The first kappa shape index (κ1) is 72.7. The number of aliphatic carboxylic acids is 1. The van der Waals surface area contributed by atoms with E-state index in [1.54, 1.807) is 0 Å². The fourth-order valence-electron chi connectivity index (χ4n) is 8.83. The van der Waals surface area contributed by atoms with E-state index in [0.29, 0.717) is 19.3 Å². The first-order chi connectivity index (χ1) is 38.6. The van der Waals surface area contributed by atoms with E-state index in [0.717, 1.165) is 148 Å². The van der Waals surface area contributed by atoms with Crippen LogP contribution in [0.5, 0.6) is 0 Å². The van der Waals surface area contributed by atoms with Crippen molar-refractivity contribution in [1.29, 1.82) is 0 Å². The van der Waals surface area contributed by atoms with Crippen LogP contribution in [0.2, 0.25) is 0 Å². The van der Waals surface area contributed by atoms with E-state index in [1.165, 1.54) is 44.9 Å². The monoisotopic (exact) mass is 1110 g/mol. The molecule has 0 saturated carbocycles. The van der Waals surface area contributed by atoms with Crippen molar-refractivity contribution in [1.82, 2.24) is 0 Å². The van der Waals surface area contributed by atoms with Crippen molar-refractivity contribution in [3.05, 3.63) is 97.2 Å². The number of carbonyl (C=O) groups excluding carboxylic acids is 3. The molecule has 1 saturated heterocycles. The number of allylic oxidation sites excluding steroid dienone is 16. The Bertz CT molecular complexity index is 1740. The second-order valence-electron chi connectivity index (χ2n) is 20.9. The fraction of sp³-hybridized carbons (Fsp3) is 0.701. The average molecular weight is 1110 g/mol. The lowest BCUT2D eigenvalue weighted by molar-refractivity contribution is -0.301. The number of hydrogen-bond acceptors (Lipinski definition) is 11. The van der Waals surface area contributed by atoms with E-state index in [2.05, 4.69) is 118 Å². The molecule has 450 valence electrons. The van der Waals surface area contributed by atoms with Gasteiger partial charge in [0.2, 0.25) is 0 Å². The molecule has 1 fully saturated rings. The minimum Gasteiger partial charge on any atom is -0.479 e. The second kappa shape index (κ2) is 54.2. The van der Waals surface area contributed by atoms with Gasteiger partial charge in [0.1, 0.15) is 18.8 Å². The molecule has 0 bridgehead atoms. The Morgan fingerprint density at radius 3 is 1.23 bits per heavy atom. The van der Waals surface area contributed by atoms with Crippen LogP contribution in [-0.4, -0.2) is 89.2 Å². The van der Waals surface area contributed by atoms with Crippen LogP contribution in [0.1, 0.15) is 252 Å². The SMILES string of the molecule is CC/C=C\C/C=C\C/C=C\CCCCCC(=O)OC(COC(=O)CCCCCCCC/C=C\C/C=C\C/C=C\CCCCC)COC1OC(C(=O)O)C(O)C(O)C1OC(=O)CCCCCCCCC/C=C\C/C=C\CCCCC. The summed E-state index contributed by atoms with van der Waals surface area (Å²) in [6, 6.07) is 0. The van der Waals surface area contributed by atoms with Gasteiger partial charge >= 0.3 is 23.9 Å². The molecule has 6 unspecified atom stereocenters. The highest BCUT2D eigenvalue weighted by Gasteiger charge is 2.50. The van der Waals surface area contributed by atoms with E-state index >= 15 is 0 Å². The summed E-state index contributed by atoms with van der Waals surface area (Å²) in [6.45, 7) is 5.79. The fourth-order valence-corrected chi connectivity index (χ4v) is 8.83. The van der Waals surface area contributed by atoms with Crippen LogP contribution in [0.4, 0.5) is 0 Å². The Labute approximate surface area is 479 Å². The third-order valence-electron chi connectivity index (χ3n) is 13.6. The summed E-state index contributed by atoms with van der Waals surface area (Å²) in [5, 5.41) is 31.5. The number of carboxylic acids is 1. The Morgan fingerprint density at radius 2 is 0.797 bits per heavy atom. The van der Waals surface area contributed by atoms with Crippen LogP contribution >= 0.6 is 0 Å². The minimum absolute atomic E-state index is 0.0428. The van der Waals surface area contributed by atoms with Crippen LogP contribution in [0.25, 0.3) is 0 Å². The van der Waals surface area contributed by atoms with Crippen LogP contribution in [0.15, 0.2) is 97.2 Å². The summed E-state index contributed by atoms with van der Waals surface area (Å²) in [5.74, 6) is -3.19. The third kappa shape index (κ3) is 44.0. The molecule has 1 rings (SSSR count). The van der Waals surface area contributed by atoms with Crippen molar-refractivity contribution < 1.29 is 58.2 Å². The van der Waals surface area contributed by atoms with E-state index < -0.39 is 67.3 Å². The molecule has 0 aliphatic carbocycles. The summed E-state index contributed by atoms with van der Waals surface area (Å²) in [6.07, 6.45) is 59.4. The zero-order valence-electron chi connectivity index (χ0n) is 49.6. The molecular weight excluding hydrogens is 997 g/mol. The average Bonchev–Trinajstić information content (AvgIpc) is 3.44. The van der Waals surface area contributed by atoms with Crippen LogP contribution in [0, 0.1) is 0 Å². The van der Waals surface area contributed by atoms with Gasteiger partial charge in [0.15, 0.2) is 24.6 Å². The highest BCUT2D eigenvalue weighted by molar-refractivity contribution is 5.74. The molecule has 1 heterocycles. The predicted molar refractivity (Wildman–Crippen MR) is 321 cm³/mol. The molecule has 1 aliphatic rings. The minimum atomic E-state index is -1.92. The van der Waals surface area contributed by atoms with E-state index in [9.17, 15) is 34.5 Å². The molecular formula is C67H110O12. The maximum absolute atomic E-state index is 13.1. The van der Waals surface area contributed by atoms with Crippen LogP contribution in [0.3, 0.4) is 0 Å². The topological polar surface area (TPSA) is 175 Å². The highest BCUT2D eigenvalue weighted by Crippen LogP contribution is 2.26. The molecule has 0 aromatic carbocycles. The number of carbonyl (C=O) groups is 4. The van der Waals surface area contributed by atoms with Gasteiger partial charge in [-0.15, -0.1) is 0 Å². The summed E-state index contributed by atoms with van der Waals surface area (Å²) < 4.78 is 28.4. The summed E-state index contributed by atoms with van der Waals surface area (Å²) >= 11 is 0. The van der Waals surface area contributed by atoms with Crippen molar-refractivity contribution in [3.63, 3.8) is 0 Å². The van der Waals surface area contributed by atoms with Gasteiger partial charge in [-0.25, -0.2) is 4.79 Å². The number of aliphatic hydroxyl groups is 2. The third-order valence-corrected chi connectivity index (χ3v) is 13.6. The van der Waals surface area contributed by atoms with Crippen molar-refractivity contribution >= 4 is 23.9 Å². The quantitative estimate of drug-likeness (QED) is 0.0228. The molecule has 1 aliphatic heterocycles. The molecule has 6 atom stereocenters. The lowest BCUT2D eigenvalue weighted by Crippen LogP contribution is -2.61. The number of ether oxygens (including phenoxy) is 5. The number of rotatable bonds is 52. The number of hydrogen-bond donors (Lipinski definition) is 3. The van der Waals surface area contributed by atoms with Crippen molar-refractivity contribution in [2.75, 3.05) is 13.2 Å². The molecule has 3 N–H and O–H groups in total. The molecule has 79 heavy (non-hydrogen) atoms. The Balaban J connectivity index is 2.69. The van der Waals surface area contributed by atoms with Gasteiger partial charge in [-0.1, -0.05) is 208 Å². The smallest absolute Gasteiger partial charge is 0.335 e. The highest BCUT2D eigenvalue weighted by atomic mass is 16.7. The largest absolute Gasteiger partial charge is 0.479 e. The maximum atomic E-state index is 13.1. The van der Waals surface area contributed by atoms with E-state index in [1.807, 2.05) is 0 Å². The van der Waals surface area contributed by atoms with Gasteiger partial charge in [-0.2, -0.15) is 0 Å². The number of esters is 3. The van der Waals surface area contributed by atoms with Gasteiger partial charge in [-0.05, 0) is 122 Å². The number of carboxylic acid groups (broad SMARTS) is 1. The first-order valence-electron chi connectivity index (χ1n) is 31.2. The molecule has 0 aromatic heterocycles. The standard InChI is InChI=1S/C67H110O12/c1-4-7-10-13-16-19-22-25-27-29-30-32-33-36-38-41-44-47-50-53-59(68)75-56-58(77-60(69)54-51-48-45-42-39-35-24-21-18-15-12-9-6-3)57-76-67-65(63(72)62(71)64(79-67)66(73)74)78-61(70)55-52-49-46-43-40-37-34-31-28-26-23-20-17-14-11-8-5-2/h9,12,16-21,25-28,30,32,35,39,58,62-65,67,71-72H,4-8,10-11,13-15,22-24,29,31,33-34,36-38,40-57H2,1-3H3,(H,73,74)/b12-9-,19-16-,20-17-,21-18-,27-25-,28-26-,32-30-,39-35-. The Hall–Kier alpha value is -4.36. The zero-order valence-corrected chi connectivity index (χ0v) is 49.6. The predicted octanol–water partition coefficient (Wildman–Crippen LogP) is 16.5. The summed E-state index contributed by atoms with van der Waals surface area (Å²) in [5.41, 5.74) is 0. The Kier molecular flexibility index (Phi) is 49.9. The van der Waals surface area contributed by atoms with Crippen molar-refractivity contribution in [2.24, 2.45) is 0 Å². The van der Waals surface area contributed by atoms with Gasteiger partial charge < -0.3 is 39.0 Å². The maximum Gasteiger partial charge on any atom is 0.335 e. The molecule has 12 heteroatoms. The number of aliphatic hydroxyl groups excluding tert-OH is 2. The Morgan fingerprint density at radius 1 is 0.430 bits per heavy atom. The van der Waals surface area contributed by atoms with Crippen LogP contribution in [-0.2, 0) is 42.9 Å². The zero-order chi connectivity index (χ0) is 57.5. The molecule has 0 spiro atoms. The van der Waals surface area contributed by atoms with Gasteiger partial charge in [-0.3, -0.25) is 14.4 Å². The second-order valence-corrected chi connectivity index (χ2v) is 20.9. The molecule has 0 aromatic rings. The van der Waals surface area contributed by atoms with Crippen LogP contribution < -0.4 is 0 Å². The van der Waals surface area contributed by atoms with E-state index in [4.69, 9.17) is 23.7 Å². The summed E-state index contributed by atoms with van der Waals surface area (Å²) in [4.78, 5) is 51.2. The molecule has 0 amide bonds. The first-order valence-corrected chi connectivity index (χ1v) is 31.2. The van der Waals surface area contributed by atoms with E-state index in [-0.39, 0.29) is 25.9 Å². The normalized spacial score (nSPS) is 18.5. The molecule has 0 radical (unpaired) electrons. The van der Waals surface area contributed by atoms with Gasteiger partial charge in [0, 0.05) is 19.3 Å². The molecule has 12 nitrogen and oxygen atoms in total. The van der Waals surface area contributed by atoms with Gasteiger partial charge in [0.25, 0.3) is 0 Å². The lowest BCUT2D eigenvalue weighted by atomic mass is 9.98. The number of unbranched alkanes of at least 4 members (excludes halogenated alkanes) is 22. The van der Waals surface area contributed by atoms with Crippen molar-refractivity contribution in [3.8, 4) is 0 Å². The van der Waals surface area contributed by atoms with Crippen molar-refractivity contribution in [2.45, 2.75) is 289 Å². The summed E-state index contributed by atoms with van der Waals surface area (Å²) in [7, 11) is 0. The lowest BCUT2D eigenvalue weighted by Gasteiger charge is -2.40. The van der Waals surface area contributed by atoms with Gasteiger partial charge in [0.05, 0.1) is 6.61 Å².